The van der Waals surface area contributed by atoms with Crippen molar-refractivity contribution in [1.29, 1.82) is 0 Å². The van der Waals surface area contributed by atoms with E-state index >= 15 is 0 Å². The summed E-state index contributed by atoms with van der Waals surface area (Å²) in [5.74, 6) is -3.23. The van der Waals surface area contributed by atoms with E-state index < -0.39 is 151 Å². The summed E-state index contributed by atoms with van der Waals surface area (Å²) in [6.07, 6.45) is -20.8. The zero-order chi connectivity index (χ0) is 52.3. The van der Waals surface area contributed by atoms with Gasteiger partial charge in [0.15, 0.2) is 25.0 Å². The third kappa shape index (κ3) is 8.62. The molecule has 26 atom stereocenters. The Kier molecular flexibility index (Phi) is 14.9. The van der Waals surface area contributed by atoms with Crippen LogP contribution in [0.2, 0.25) is 0 Å². The predicted molar refractivity (Wildman–Crippen MR) is 242 cm³/mol. The number of hydrogen-bond donors (Lipinski definition) is 11. The van der Waals surface area contributed by atoms with Gasteiger partial charge in [-0.25, -0.2) is 4.79 Å². The van der Waals surface area contributed by atoms with Crippen LogP contribution in [0.5, 0.6) is 0 Å². The summed E-state index contributed by atoms with van der Waals surface area (Å²) in [5.41, 5.74) is -2.39. The third-order valence-electron chi connectivity index (χ3n) is 20.1. The highest BCUT2D eigenvalue weighted by Gasteiger charge is 2.71. The van der Waals surface area contributed by atoms with Gasteiger partial charge in [0, 0.05) is 24.2 Å². The Hall–Kier alpha value is -2.45. The first-order valence-corrected chi connectivity index (χ1v) is 25.3. The minimum Gasteiger partial charge on any atom is -0.481 e. The number of ether oxygens (including phenoxy) is 7. The molecule has 0 aromatic rings. The zero-order valence-corrected chi connectivity index (χ0v) is 41.9. The topological polar surface area (TPSA) is 338 Å². The summed E-state index contributed by atoms with van der Waals surface area (Å²) in [5, 5.41) is 119. The second-order valence-corrected chi connectivity index (χ2v) is 23.9. The van der Waals surface area contributed by atoms with Crippen LogP contribution in [0.4, 0.5) is 0 Å². The van der Waals surface area contributed by atoms with Crippen LogP contribution in [0.15, 0.2) is 11.6 Å². The lowest BCUT2D eigenvalue weighted by molar-refractivity contribution is -0.396. The first kappa shape index (κ1) is 54.8. The summed E-state index contributed by atoms with van der Waals surface area (Å²) in [4.78, 5) is 37.9. The van der Waals surface area contributed by atoms with Gasteiger partial charge in [-0.3, -0.25) is 9.59 Å². The number of hydrogen-bond acceptors (Lipinski definition) is 19. The Balaban J connectivity index is 1.08. The Morgan fingerprint density at radius 1 is 0.662 bits per heavy atom. The van der Waals surface area contributed by atoms with E-state index in [1.165, 1.54) is 19.4 Å². The Labute approximate surface area is 413 Å². The number of rotatable bonds is 11. The predicted octanol–water partition coefficient (Wildman–Crippen LogP) is 0.340. The quantitative estimate of drug-likeness (QED) is 0.0755. The first-order valence-electron chi connectivity index (χ1n) is 25.3. The molecule has 0 aromatic carbocycles. The van der Waals surface area contributed by atoms with Crippen molar-refractivity contribution in [2.24, 2.45) is 50.2 Å². The molecular weight excluding hydrogens is 937 g/mol. The molecule has 4 saturated carbocycles. The molecule has 3 heterocycles. The number of aliphatic hydroxyl groups excluding tert-OH is 9. The normalized spacial score (nSPS) is 54.0. The van der Waals surface area contributed by atoms with E-state index in [4.69, 9.17) is 33.2 Å². The molecule has 0 spiro atoms. The van der Waals surface area contributed by atoms with E-state index in [0.717, 1.165) is 19.3 Å². The molecule has 21 nitrogen and oxygen atoms in total. The highest BCUT2D eigenvalue weighted by molar-refractivity contribution is 5.75. The van der Waals surface area contributed by atoms with E-state index in [2.05, 4.69) is 33.8 Å². The number of carboxylic acids is 2. The average Bonchev–Trinajstić information content (AvgIpc) is 3.30. The summed E-state index contributed by atoms with van der Waals surface area (Å²) < 4.78 is 42.1. The van der Waals surface area contributed by atoms with Crippen molar-refractivity contribution in [3.8, 4) is 0 Å². The maximum atomic E-state index is 12.9. The van der Waals surface area contributed by atoms with Crippen molar-refractivity contribution in [1.82, 2.24) is 0 Å². The van der Waals surface area contributed by atoms with E-state index in [9.17, 15) is 70.6 Å². The van der Waals surface area contributed by atoms with E-state index in [1.807, 2.05) is 6.92 Å². The van der Waals surface area contributed by atoms with Crippen LogP contribution in [0.3, 0.4) is 0 Å². The smallest absolute Gasteiger partial charge is 0.335 e. The van der Waals surface area contributed by atoms with Crippen LogP contribution < -0.4 is 0 Å². The minimum atomic E-state index is -2.11. The molecule has 71 heavy (non-hydrogen) atoms. The van der Waals surface area contributed by atoms with Gasteiger partial charge in [-0.15, -0.1) is 0 Å². The van der Waals surface area contributed by atoms with Crippen molar-refractivity contribution in [2.45, 2.75) is 218 Å². The van der Waals surface area contributed by atoms with Gasteiger partial charge in [-0.05, 0) is 99.2 Å². The highest BCUT2D eigenvalue weighted by Crippen LogP contribution is 2.76. The first-order chi connectivity index (χ1) is 33.1. The number of carboxylic acid groups (broad SMARTS) is 2. The molecule has 0 unspecified atom stereocenters. The largest absolute Gasteiger partial charge is 0.481 e. The lowest BCUT2D eigenvalue weighted by atomic mass is 9.33. The van der Waals surface area contributed by atoms with Gasteiger partial charge in [0.2, 0.25) is 0 Å². The van der Waals surface area contributed by atoms with Gasteiger partial charge in [-0.2, -0.15) is 0 Å². The maximum absolute atomic E-state index is 12.9. The number of carbonyl (C=O) groups is 3. The molecule has 0 radical (unpaired) electrons. The number of aliphatic carboxylic acids is 2. The van der Waals surface area contributed by atoms with Gasteiger partial charge in [0.05, 0.1) is 30.8 Å². The van der Waals surface area contributed by atoms with Gasteiger partial charge in [-0.1, -0.05) is 46.3 Å². The Morgan fingerprint density at radius 3 is 1.90 bits per heavy atom. The molecule has 3 aliphatic heterocycles. The molecule has 3 saturated heterocycles. The molecule has 8 rings (SSSR count). The lowest BCUT2D eigenvalue weighted by Gasteiger charge is -2.71. The average molecular weight is 1020 g/mol. The fraction of sp³-hybridized carbons (Fsp3) is 0.900. The number of fused-ring (bicyclic) bond motifs is 7. The van der Waals surface area contributed by atoms with E-state index in [-0.39, 0.29) is 41.6 Å². The fourth-order valence-electron chi connectivity index (χ4n) is 15.4. The van der Waals surface area contributed by atoms with Crippen LogP contribution in [-0.4, -0.2) is 192 Å². The number of esters is 1. The molecule has 5 aliphatic carbocycles. The summed E-state index contributed by atoms with van der Waals surface area (Å²) in [7, 11) is 0. The van der Waals surface area contributed by atoms with Crippen LogP contribution in [-0.2, 0) is 47.5 Å². The zero-order valence-electron chi connectivity index (χ0n) is 41.9. The third-order valence-corrected chi connectivity index (χ3v) is 20.1. The molecule has 11 N–H and O–H groups in total. The Bertz CT molecular complexity index is 2040. The van der Waals surface area contributed by atoms with E-state index in [1.54, 1.807) is 6.92 Å². The number of aliphatic hydroxyl groups is 9. The van der Waals surface area contributed by atoms with Crippen molar-refractivity contribution < 1.29 is 104 Å². The molecule has 0 aromatic heterocycles. The van der Waals surface area contributed by atoms with Crippen LogP contribution >= 0.6 is 0 Å². The SMILES string of the molecule is CC(=O)O[C@@H]1C[C@](C)(C(=O)O)C[C@H]2C3=CC[C@@H]4[C@@]5(C)CC[C@H](O[C@@H]6O[C@H](C(=O)O)[C@@H](O)[C@H](O)[C@H]6O[C@@H]6O[C@H](CO)[C@H](O)[C@H](O)[C@H]6O[C@@H]6O[C@@H](C)[C@H](O)[C@@H](O)[C@H]6O)[C@](C)(CO)[C@@H]5CC[C@@]4(C)[C@]3(C)CC[C@@]12C. The van der Waals surface area contributed by atoms with Crippen LogP contribution in [0.1, 0.15) is 113 Å². The van der Waals surface area contributed by atoms with E-state index in [0.29, 0.717) is 32.1 Å². The monoisotopic (exact) mass is 1010 g/mol. The van der Waals surface area contributed by atoms with Crippen molar-refractivity contribution in [3.63, 3.8) is 0 Å². The number of allylic oxidation sites excluding steroid dienone is 2. The van der Waals surface area contributed by atoms with Gasteiger partial charge in [0.1, 0.15) is 67.1 Å². The summed E-state index contributed by atoms with van der Waals surface area (Å²) in [6, 6.07) is 0. The molecule has 8 aliphatic rings. The summed E-state index contributed by atoms with van der Waals surface area (Å²) in [6.45, 7) is 14.3. The van der Waals surface area contributed by atoms with Crippen molar-refractivity contribution in [3.05, 3.63) is 11.6 Å². The molecule has 0 bridgehead atoms. The summed E-state index contributed by atoms with van der Waals surface area (Å²) >= 11 is 0. The molecule has 21 heteroatoms. The van der Waals surface area contributed by atoms with Gasteiger partial charge >= 0.3 is 17.9 Å². The molecule has 7 fully saturated rings. The minimum absolute atomic E-state index is 0.0911. The number of carbonyl (C=O) groups excluding carboxylic acids is 1. The second-order valence-electron chi connectivity index (χ2n) is 23.9. The van der Waals surface area contributed by atoms with Crippen molar-refractivity contribution in [2.75, 3.05) is 13.2 Å². The van der Waals surface area contributed by atoms with Crippen molar-refractivity contribution >= 4 is 17.9 Å². The van der Waals surface area contributed by atoms with Gasteiger partial charge in [0.25, 0.3) is 0 Å². The molecule has 0 amide bonds. The lowest BCUT2D eigenvalue weighted by Crippen LogP contribution is -2.68. The molecule has 404 valence electrons. The fourth-order valence-corrected chi connectivity index (χ4v) is 15.4. The standard InChI is InChI=1S/C50H78O21/c1-21-30(54)32(56)36(60)41(65-21)70-38-33(57)31(55)25(19-51)67-42(38)71-39-35(59)34(58)37(40(61)62)69-43(39)68-28-12-13-47(5)26(48(28,6)20-52)11-14-50(8)27(47)10-9-23-24-17-45(3,44(63)64)18-29(66-22(2)53)46(24,4)15-16-49(23,50)7/h9,21,24-39,41-43,51-52,54-60H,10-20H2,1-8H3,(H,61,62)(H,63,64)/t21-,24-,25+,26+,27+,28-,29+,30-,31-,32+,33-,34-,35-,36+,37-,38+,39+,41-,42-,43+,45+,46+,47-,48+,49+,50+/m0/s1. The van der Waals surface area contributed by atoms with Gasteiger partial charge < -0.3 is 89.3 Å². The maximum Gasteiger partial charge on any atom is 0.335 e. The second kappa shape index (κ2) is 19.3. The van der Waals surface area contributed by atoms with Crippen LogP contribution in [0.25, 0.3) is 0 Å². The molecular formula is C50H78O21. The highest BCUT2D eigenvalue weighted by atomic mass is 16.8. The van der Waals surface area contributed by atoms with Crippen LogP contribution in [0, 0.1) is 50.2 Å². The Morgan fingerprint density at radius 2 is 1.30 bits per heavy atom.